The molecule has 33 heavy (non-hydrogen) atoms. The Balaban J connectivity index is 1.41. The molecular weight excluding hydrogens is 418 g/mol. The first kappa shape index (κ1) is 19.5. The summed E-state index contributed by atoms with van der Waals surface area (Å²) >= 11 is 0. The van der Waals surface area contributed by atoms with E-state index < -0.39 is 16.8 Å². The van der Waals surface area contributed by atoms with E-state index >= 15 is 0 Å². The lowest BCUT2D eigenvalue weighted by Crippen LogP contribution is -2.41. The molecule has 0 spiro atoms. The molecule has 7 nitrogen and oxygen atoms in total. The van der Waals surface area contributed by atoms with Gasteiger partial charge in [0.2, 0.25) is 0 Å². The van der Waals surface area contributed by atoms with Crippen LogP contribution < -0.4 is 0 Å². The van der Waals surface area contributed by atoms with E-state index in [-0.39, 0.29) is 29.3 Å². The Labute approximate surface area is 189 Å². The lowest BCUT2D eigenvalue weighted by Gasteiger charge is -2.45. The van der Waals surface area contributed by atoms with E-state index in [2.05, 4.69) is 5.10 Å². The van der Waals surface area contributed by atoms with Gasteiger partial charge in [-0.15, -0.1) is 0 Å². The van der Waals surface area contributed by atoms with Gasteiger partial charge in [0, 0.05) is 29.0 Å². The molecule has 0 aromatic heterocycles. The van der Waals surface area contributed by atoms with Gasteiger partial charge in [0.25, 0.3) is 17.5 Å². The molecule has 0 radical (unpaired) electrons. The molecule has 1 fully saturated rings. The zero-order valence-electron chi connectivity index (χ0n) is 17.7. The van der Waals surface area contributed by atoms with Crippen LogP contribution in [0.15, 0.2) is 71.8 Å². The molecule has 1 aliphatic heterocycles. The smallest absolute Gasteiger partial charge is 0.272 e. The van der Waals surface area contributed by atoms with Crippen molar-refractivity contribution >= 4 is 23.7 Å². The Morgan fingerprint density at radius 3 is 1.79 bits per heavy atom. The molecule has 2 bridgehead atoms. The van der Waals surface area contributed by atoms with Crippen LogP contribution in [0.4, 0.5) is 5.69 Å². The molecule has 0 saturated carbocycles. The zero-order chi connectivity index (χ0) is 22.9. The molecule has 2 unspecified atom stereocenters. The van der Waals surface area contributed by atoms with Crippen molar-refractivity contribution in [3.8, 4) is 0 Å². The van der Waals surface area contributed by atoms with E-state index in [4.69, 9.17) is 0 Å². The maximum atomic E-state index is 13.5. The van der Waals surface area contributed by atoms with E-state index in [1.165, 1.54) is 12.3 Å². The minimum absolute atomic E-state index is 0.0318. The molecule has 0 N–H and O–H groups in total. The van der Waals surface area contributed by atoms with Crippen molar-refractivity contribution in [2.24, 2.45) is 16.9 Å². The largest absolute Gasteiger partial charge is 0.272 e. The highest BCUT2D eigenvalue weighted by Gasteiger charge is 2.61. The van der Waals surface area contributed by atoms with Crippen LogP contribution in [0.5, 0.6) is 0 Å². The lowest BCUT2D eigenvalue weighted by atomic mass is 9.55. The van der Waals surface area contributed by atoms with Crippen LogP contribution in [-0.2, 0) is 9.59 Å². The minimum Gasteiger partial charge on any atom is -0.272 e. The topological polar surface area (TPSA) is 92.9 Å². The fraction of sp³-hybridized carbons (Fsp3) is 0.192. The fourth-order valence-electron chi connectivity index (χ4n) is 5.80. The summed E-state index contributed by atoms with van der Waals surface area (Å²) in [6.45, 7) is 1.66. The molecule has 1 saturated heterocycles. The number of amides is 2. The van der Waals surface area contributed by atoms with Gasteiger partial charge in [0.15, 0.2) is 0 Å². The summed E-state index contributed by atoms with van der Waals surface area (Å²) in [4.78, 5) is 37.8. The van der Waals surface area contributed by atoms with Gasteiger partial charge in [-0.1, -0.05) is 60.7 Å². The number of hydrogen-bond acceptors (Lipinski definition) is 5. The first-order chi connectivity index (χ1) is 16.0. The Kier molecular flexibility index (Phi) is 4.11. The standard InChI is InChI=1S/C26H19N3O4/c1-14-10-11-15(12-20(14)29(32)33)13-27-28-25(30)23-21-16-6-2-3-7-17(16)22(24(23)26(28)31)19-9-5-4-8-18(19)21/h2-13,21-24H,1H3. The SMILES string of the molecule is Cc1ccc(C=NN2C(=O)C3C4c5ccccc5C(c5ccccc54)C3C2=O)cc1[N+](=O)[O-]. The van der Waals surface area contributed by atoms with Gasteiger partial charge in [0.1, 0.15) is 0 Å². The van der Waals surface area contributed by atoms with Crippen LogP contribution in [0.25, 0.3) is 0 Å². The molecule has 1 heterocycles. The number of nitro groups is 1. The number of nitro benzene ring substituents is 1. The molecule has 2 amide bonds. The third-order valence-electron chi connectivity index (χ3n) is 7.18. The lowest BCUT2D eigenvalue weighted by molar-refractivity contribution is -0.385. The molecule has 2 atom stereocenters. The number of benzene rings is 3. The summed E-state index contributed by atoms with van der Waals surface area (Å²) in [5, 5.41) is 16.4. The second-order valence-corrected chi connectivity index (χ2v) is 8.80. The van der Waals surface area contributed by atoms with Crippen molar-refractivity contribution < 1.29 is 14.5 Å². The summed E-state index contributed by atoms with van der Waals surface area (Å²) in [5.74, 6) is -2.02. The van der Waals surface area contributed by atoms with E-state index in [1.54, 1.807) is 19.1 Å². The van der Waals surface area contributed by atoms with E-state index in [0.29, 0.717) is 11.1 Å². The monoisotopic (exact) mass is 437 g/mol. The number of hydrazone groups is 1. The number of aryl methyl sites for hydroxylation is 1. The van der Waals surface area contributed by atoms with Crippen LogP contribution in [0.2, 0.25) is 0 Å². The number of nitrogens with zero attached hydrogens (tertiary/aromatic N) is 3. The predicted octanol–water partition coefficient (Wildman–Crippen LogP) is 4.13. The summed E-state index contributed by atoms with van der Waals surface area (Å²) in [7, 11) is 0. The van der Waals surface area contributed by atoms with Crippen LogP contribution in [0.1, 0.15) is 45.2 Å². The maximum absolute atomic E-state index is 13.5. The van der Waals surface area contributed by atoms with E-state index in [1.807, 2.05) is 48.5 Å². The van der Waals surface area contributed by atoms with E-state index in [0.717, 1.165) is 27.3 Å². The maximum Gasteiger partial charge on any atom is 0.272 e. The number of imide groups is 1. The summed E-state index contributed by atoms with van der Waals surface area (Å²) in [6.07, 6.45) is 1.35. The van der Waals surface area contributed by atoms with Gasteiger partial charge in [-0.05, 0) is 29.2 Å². The summed E-state index contributed by atoms with van der Waals surface area (Å²) in [5.41, 5.74) is 5.36. The number of rotatable bonds is 3. The highest BCUT2D eigenvalue weighted by atomic mass is 16.6. The van der Waals surface area contributed by atoms with E-state index in [9.17, 15) is 19.7 Å². The van der Waals surface area contributed by atoms with Crippen LogP contribution in [-0.4, -0.2) is 28.0 Å². The molecule has 4 aliphatic rings. The summed E-state index contributed by atoms with van der Waals surface area (Å²) < 4.78 is 0. The average molecular weight is 437 g/mol. The average Bonchev–Trinajstić information content (AvgIpc) is 3.08. The Morgan fingerprint density at radius 1 is 0.848 bits per heavy atom. The molecule has 3 aromatic carbocycles. The fourth-order valence-corrected chi connectivity index (χ4v) is 5.80. The Hall–Kier alpha value is -4.13. The highest BCUT2D eigenvalue weighted by Crippen LogP contribution is 2.60. The minimum atomic E-state index is -0.503. The Morgan fingerprint density at radius 2 is 1.33 bits per heavy atom. The van der Waals surface area contributed by atoms with Gasteiger partial charge < -0.3 is 0 Å². The van der Waals surface area contributed by atoms with Crippen LogP contribution >= 0.6 is 0 Å². The third-order valence-corrected chi connectivity index (χ3v) is 7.18. The van der Waals surface area contributed by atoms with Crippen molar-refractivity contribution in [3.63, 3.8) is 0 Å². The zero-order valence-corrected chi connectivity index (χ0v) is 17.7. The second-order valence-electron chi connectivity index (χ2n) is 8.80. The van der Waals surface area contributed by atoms with Crippen molar-refractivity contribution in [2.45, 2.75) is 18.8 Å². The van der Waals surface area contributed by atoms with Gasteiger partial charge in [0.05, 0.1) is 23.0 Å². The first-order valence-corrected chi connectivity index (χ1v) is 10.8. The van der Waals surface area contributed by atoms with Crippen molar-refractivity contribution in [1.29, 1.82) is 0 Å². The third kappa shape index (κ3) is 2.65. The van der Waals surface area contributed by atoms with Crippen LogP contribution in [0, 0.1) is 28.9 Å². The molecule has 3 aromatic rings. The summed E-state index contributed by atoms with van der Waals surface area (Å²) in [6, 6.07) is 20.8. The predicted molar refractivity (Wildman–Crippen MR) is 121 cm³/mol. The van der Waals surface area contributed by atoms with Gasteiger partial charge in [-0.2, -0.15) is 10.1 Å². The molecular formula is C26H19N3O4. The Bertz CT molecular complexity index is 1280. The number of carbonyl (C=O) groups excluding carboxylic acids is 2. The van der Waals surface area contributed by atoms with Gasteiger partial charge >= 0.3 is 0 Å². The quantitative estimate of drug-likeness (QED) is 0.267. The van der Waals surface area contributed by atoms with Crippen molar-refractivity contribution in [3.05, 3.63) is 110 Å². The normalized spacial score (nSPS) is 24.7. The molecule has 3 aliphatic carbocycles. The second kappa shape index (κ2) is 6.93. The molecule has 7 heteroatoms. The van der Waals surface area contributed by atoms with Crippen molar-refractivity contribution in [1.82, 2.24) is 5.01 Å². The molecule has 162 valence electrons. The first-order valence-electron chi connectivity index (χ1n) is 10.8. The number of carbonyl (C=O) groups is 2. The highest BCUT2D eigenvalue weighted by molar-refractivity contribution is 6.08. The van der Waals surface area contributed by atoms with Gasteiger partial charge in [-0.25, -0.2) is 0 Å². The van der Waals surface area contributed by atoms with Crippen molar-refractivity contribution in [2.75, 3.05) is 0 Å². The number of hydrogen-bond donors (Lipinski definition) is 0. The molecule has 7 rings (SSSR count). The van der Waals surface area contributed by atoms with Crippen LogP contribution in [0.3, 0.4) is 0 Å². The van der Waals surface area contributed by atoms with Gasteiger partial charge in [-0.3, -0.25) is 19.7 Å².